The van der Waals surface area contributed by atoms with Crippen LogP contribution in [0.25, 0.3) is 0 Å². The van der Waals surface area contributed by atoms with Crippen LogP contribution >= 0.6 is 0 Å². The lowest BCUT2D eigenvalue weighted by molar-refractivity contribution is 0.183. The molecule has 0 aromatic heterocycles. The maximum Gasteiger partial charge on any atom is 0.495 e. The second-order valence-corrected chi connectivity index (χ2v) is 6.40. The standard InChI is InChI=1S/C11H15F3O3Si/c1-17-18(15,16)5-3-2-4-9-10(13)6-8(12)7-11(9)14/h6-7,15-16H,2-5H2,1H3. The summed E-state index contributed by atoms with van der Waals surface area (Å²) < 4.78 is 43.6. The SMILES string of the molecule is CO[Si](O)(O)CCCCc1c(F)cc(F)cc1F. The van der Waals surface area contributed by atoms with E-state index in [9.17, 15) is 22.8 Å². The van der Waals surface area contributed by atoms with Crippen LogP contribution in [0.1, 0.15) is 18.4 Å². The Morgan fingerprint density at radius 3 is 2.17 bits per heavy atom. The van der Waals surface area contributed by atoms with Crippen LogP contribution in [0.3, 0.4) is 0 Å². The third-order valence-electron chi connectivity index (χ3n) is 2.61. The van der Waals surface area contributed by atoms with E-state index < -0.39 is 26.3 Å². The van der Waals surface area contributed by atoms with Gasteiger partial charge in [-0.2, -0.15) is 0 Å². The Morgan fingerprint density at radius 1 is 1.11 bits per heavy atom. The van der Waals surface area contributed by atoms with E-state index >= 15 is 0 Å². The van der Waals surface area contributed by atoms with Crippen molar-refractivity contribution in [3.63, 3.8) is 0 Å². The van der Waals surface area contributed by atoms with E-state index in [-0.39, 0.29) is 18.0 Å². The van der Waals surface area contributed by atoms with E-state index in [1.54, 1.807) is 0 Å². The molecular formula is C11H15F3O3Si. The van der Waals surface area contributed by atoms with E-state index in [4.69, 9.17) is 0 Å². The minimum absolute atomic E-state index is 0.0634. The zero-order valence-corrected chi connectivity index (χ0v) is 10.9. The molecule has 0 aliphatic carbocycles. The zero-order chi connectivity index (χ0) is 13.8. The van der Waals surface area contributed by atoms with Crippen LogP contribution < -0.4 is 0 Å². The summed E-state index contributed by atoms with van der Waals surface area (Å²) in [5.41, 5.74) is -0.183. The Morgan fingerprint density at radius 2 is 1.67 bits per heavy atom. The number of unbranched alkanes of at least 4 members (excludes halogenated alkanes) is 1. The topological polar surface area (TPSA) is 49.7 Å². The lowest BCUT2D eigenvalue weighted by Crippen LogP contribution is -2.37. The van der Waals surface area contributed by atoms with Gasteiger partial charge in [-0.05, 0) is 19.3 Å². The number of halogens is 3. The average Bonchev–Trinajstić information content (AvgIpc) is 2.26. The average molecular weight is 280 g/mol. The van der Waals surface area contributed by atoms with E-state index in [0.717, 1.165) is 0 Å². The maximum absolute atomic E-state index is 13.2. The van der Waals surface area contributed by atoms with Crippen molar-refractivity contribution in [1.82, 2.24) is 0 Å². The number of rotatable bonds is 6. The van der Waals surface area contributed by atoms with Crippen molar-refractivity contribution < 1.29 is 27.2 Å². The van der Waals surface area contributed by atoms with E-state index in [0.29, 0.717) is 25.0 Å². The zero-order valence-electron chi connectivity index (χ0n) is 9.92. The fraction of sp³-hybridized carbons (Fsp3) is 0.455. The summed E-state index contributed by atoms with van der Waals surface area (Å²) in [7, 11) is -2.40. The van der Waals surface area contributed by atoms with Crippen LogP contribution in [0.2, 0.25) is 6.04 Å². The van der Waals surface area contributed by atoms with Gasteiger partial charge in [-0.1, -0.05) is 0 Å². The summed E-state index contributed by atoms with van der Waals surface area (Å²) in [4.78, 5) is 18.5. The largest absolute Gasteiger partial charge is 0.495 e. The summed E-state index contributed by atoms with van der Waals surface area (Å²) in [5, 5.41) is 0. The van der Waals surface area contributed by atoms with E-state index in [2.05, 4.69) is 4.43 Å². The lowest BCUT2D eigenvalue weighted by Gasteiger charge is -2.14. The predicted molar refractivity (Wildman–Crippen MR) is 61.3 cm³/mol. The number of hydrogen-bond donors (Lipinski definition) is 2. The Bertz CT molecular complexity index is 390. The summed E-state index contributed by atoms with van der Waals surface area (Å²) in [6.45, 7) is 0. The van der Waals surface area contributed by atoms with Crippen LogP contribution in [-0.2, 0) is 10.8 Å². The Balaban J connectivity index is 2.50. The summed E-state index contributed by atoms with van der Waals surface area (Å²) in [6, 6.07) is 1.32. The first kappa shape index (κ1) is 15.2. The van der Waals surface area contributed by atoms with Crippen molar-refractivity contribution in [2.45, 2.75) is 25.3 Å². The molecule has 0 saturated heterocycles. The predicted octanol–water partition coefficient (Wildman–Crippen LogP) is 2.00. The fourth-order valence-corrected chi connectivity index (χ4v) is 2.48. The molecule has 1 rings (SSSR count). The minimum Gasteiger partial charge on any atom is -0.390 e. The number of benzene rings is 1. The molecule has 0 radical (unpaired) electrons. The monoisotopic (exact) mass is 280 g/mol. The number of hydrogen-bond acceptors (Lipinski definition) is 3. The molecule has 1 aromatic carbocycles. The molecule has 0 unspecified atom stereocenters. The van der Waals surface area contributed by atoms with Gasteiger partial charge in [-0.25, -0.2) is 13.2 Å². The smallest absolute Gasteiger partial charge is 0.390 e. The van der Waals surface area contributed by atoms with Gasteiger partial charge < -0.3 is 14.0 Å². The van der Waals surface area contributed by atoms with Crippen LogP contribution in [0, 0.1) is 17.5 Å². The molecule has 1 aromatic rings. The van der Waals surface area contributed by atoms with Gasteiger partial charge in [-0.3, -0.25) is 0 Å². The summed E-state index contributed by atoms with van der Waals surface area (Å²) in [5.74, 6) is -2.79. The molecule has 0 heterocycles. The molecule has 18 heavy (non-hydrogen) atoms. The van der Waals surface area contributed by atoms with Crippen LogP contribution in [0.5, 0.6) is 0 Å². The van der Waals surface area contributed by atoms with Gasteiger partial charge in [0.1, 0.15) is 17.5 Å². The molecule has 0 amide bonds. The highest BCUT2D eigenvalue weighted by molar-refractivity contribution is 6.57. The fourth-order valence-electron chi connectivity index (χ4n) is 1.57. The molecule has 0 bridgehead atoms. The van der Waals surface area contributed by atoms with Crippen molar-refractivity contribution in [2.24, 2.45) is 0 Å². The van der Waals surface area contributed by atoms with Crippen molar-refractivity contribution in [3.8, 4) is 0 Å². The first-order valence-corrected chi connectivity index (χ1v) is 7.50. The first-order chi connectivity index (χ1) is 8.35. The van der Waals surface area contributed by atoms with Gasteiger partial charge in [-0.15, -0.1) is 0 Å². The van der Waals surface area contributed by atoms with Gasteiger partial charge in [0.2, 0.25) is 0 Å². The highest BCUT2D eigenvalue weighted by Gasteiger charge is 2.29. The Hall–Kier alpha value is -0.893. The molecule has 3 nitrogen and oxygen atoms in total. The molecule has 0 atom stereocenters. The Labute approximate surface area is 104 Å². The van der Waals surface area contributed by atoms with Crippen molar-refractivity contribution in [3.05, 3.63) is 35.1 Å². The molecule has 0 saturated carbocycles. The van der Waals surface area contributed by atoms with Gasteiger partial charge >= 0.3 is 8.80 Å². The second kappa shape index (κ2) is 6.33. The first-order valence-electron chi connectivity index (χ1n) is 5.49. The highest BCUT2D eigenvalue weighted by atomic mass is 28.4. The van der Waals surface area contributed by atoms with E-state index in [1.807, 2.05) is 0 Å². The molecule has 7 heteroatoms. The quantitative estimate of drug-likeness (QED) is 0.619. The van der Waals surface area contributed by atoms with Crippen LogP contribution in [0.15, 0.2) is 12.1 Å². The molecule has 0 spiro atoms. The normalized spacial score (nSPS) is 11.9. The summed E-state index contributed by atoms with van der Waals surface area (Å²) in [6.07, 6.45) is 0.800. The highest BCUT2D eigenvalue weighted by Crippen LogP contribution is 2.18. The van der Waals surface area contributed by atoms with E-state index in [1.165, 1.54) is 7.11 Å². The van der Waals surface area contributed by atoms with Gasteiger partial charge in [0, 0.05) is 30.9 Å². The van der Waals surface area contributed by atoms with Gasteiger partial charge in [0.05, 0.1) is 0 Å². The third kappa shape index (κ3) is 4.41. The van der Waals surface area contributed by atoms with Crippen molar-refractivity contribution in [1.29, 1.82) is 0 Å². The Kier molecular flexibility index (Phi) is 5.33. The maximum atomic E-state index is 13.2. The van der Waals surface area contributed by atoms with Gasteiger partial charge in [0.25, 0.3) is 0 Å². The molecule has 2 N–H and O–H groups in total. The van der Waals surface area contributed by atoms with Crippen LogP contribution in [-0.4, -0.2) is 25.5 Å². The second-order valence-electron chi connectivity index (χ2n) is 4.00. The molecule has 0 aliphatic heterocycles. The summed E-state index contributed by atoms with van der Waals surface area (Å²) >= 11 is 0. The van der Waals surface area contributed by atoms with Crippen LogP contribution in [0.4, 0.5) is 13.2 Å². The lowest BCUT2D eigenvalue weighted by atomic mass is 10.1. The van der Waals surface area contributed by atoms with Crippen molar-refractivity contribution >= 4 is 8.80 Å². The molecule has 102 valence electrons. The van der Waals surface area contributed by atoms with Crippen molar-refractivity contribution in [2.75, 3.05) is 7.11 Å². The van der Waals surface area contributed by atoms with Gasteiger partial charge in [0.15, 0.2) is 0 Å². The molecule has 0 fully saturated rings. The third-order valence-corrected chi connectivity index (χ3v) is 4.27. The molecule has 0 aliphatic rings. The minimum atomic E-state index is -3.60. The molecular weight excluding hydrogens is 265 g/mol.